The van der Waals surface area contributed by atoms with Crippen molar-refractivity contribution in [2.24, 2.45) is 0 Å². The summed E-state index contributed by atoms with van der Waals surface area (Å²) >= 11 is 0. The first-order chi connectivity index (χ1) is 10.7. The Bertz CT molecular complexity index is 584. The summed E-state index contributed by atoms with van der Waals surface area (Å²) in [6.45, 7) is 4.93. The minimum atomic E-state index is -3.18. The van der Waals surface area contributed by atoms with Crippen molar-refractivity contribution in [1.82, 2.24) is 0 Å². The lowest BCUT2D eigenvalue weighted by Gasteiger charge is -2.17. The lowest BCUT2D eigenvalue weighted by Crippen LogP contribution is -2.11. The molecular formula is C15H22NO6P. The molecule has 0 aromatic heterocycles. The van der Waals surface area contributed by atoms with Crippen LogP contribution in [0.3, 0.4) is 0 Å². The summed E-state index contributed by atoms with van der Waals surface area (Å²) in [5, 5.41) is 11.2. The second-order valence-corrected chi connectivity index (χ2v) is 7.27. The molecule has 1 aromatic rings. The van der Waals surface area contributed by atoms with Crippen LogP contribution < -0.4 is 9.84 Å². The Morgan fingerprint density at radius 3 is 2.35 bits per heavy atom. The summed E-state index contributed by atoms with van der Waals surface area (Å²) < 4.78 is 22.6. The van der Waals surface area contributed by atoms with Crippen molar-refractivity contribution in [2.75, 3.05) is 12.0 Å². The van der Waals surface area contributed by atoms with Gasteiger partial charge in [0.25, 0.3) is 0 Å². The van der Waals surface area contributed by atoms with Gasteiger partial charge in [0.05, 0.1) is 6.10 Å². The molecule has 0 radical (unpaired) electrons. The molecule has 0 aliphatic heterocycles. The highest BCUT2D eigenvalue weighted by Crippen LogP contribution is 2.45. The third kappa shape index (κ3) is 8.38. The second kappa shape index (κ2) is 8.70. The lowest BCUT2D eigenvalue weighted by atomic mass is 10.2. The van der Waals surface area contributed by atoms with E-state index in [0.29, 0.717) is 11.4 Å². The predicted octanol–water partition coefficient (Wildman–Crippen LogP) is 3.51. The Kier molecular flexibility index (Phi) is 7.26. The van der Waals surface area contributed by atoms with Crippen molar-refractivity contribution in [3.05, 3.63) is 24.3 Å². The molecule has 2 N–H and O–H groups in total. The van der Waals surface area contributed by atoms with E-state index < -0.39 is 13.6 Å². The Labute approximate surface area is 135 Å². The second-order valence-electron chi connectivity index (χ2n) is 5.34. The van der Waals surface area contributed by atoms with E-state index in [1.54, 1.807) is 38.1 Å². The minimum Gasteiger partial charge on any atom is -0.481 e. The molecule has 8 heteroatoms. The fourth-order valence-electron chi connectivity index (χ4n) is 1.82. The monoisotopic (exact) mass is 343 g/mol. The van der Waals surface area contributed by atoms with Crippen molar-refractivity contribution in [3.8, 4) is 5.75 Å². The van der Waals surface area contributed by atoms with Gasteiger partial charge in [-0.05, 0) is 44.5 Å². The van der Waals surface area contributed by atoms with E-state index >= 15 is 0 Å². The Morgan fingerprint density at radius 2 is 1.83 bits per heavy atom. The molecular weight excluding hydrogens is 321 g/mol. The molecule has 1 rings (SSSR count). The highest BCUT2D eigenvalue weighted by atomic mass is 31.2. The first-order valence-corrected chi connectivity index (χ1v) is 9.24. The highest BCUT2D eigenvalue weighted by Gasteiger charge is 2.20. The number of carbonyl (C=O) groups is 2. The average molecular weight is 343 g/mol. The third-order valence-electron chi connectivity index (χ3n) is 2.61. The summed E-state index contributed by atoms with van der Waals surface area (Å²) in [5.41, 5.74) is 0.549. The number of rotatable bonds is 9. The van der Waals surface area contributed by atoms with Crippen LogP contribution in [-0.2, 0) is 18.7 Å². The van der Waals surface area contributed by atoms with Gasteiger partial charge >= 0.3 is 13.6 Å². The molecule has 0 aliphatic rings. The van der Waals surface area contributed by atoms with Gasteiger partial charge in [-0.1, -0.05) is 0 Å². The summed E-state index contributed by atoms with van der Waals surface area (Å²) in [6, 6.07) is 6.37. The van der Waals surface area contributed by atoms with Crippen LogP contribution in [0.25, 0.3) is 0 Å². The van der Waals surface area contributed by atoms with Gasteiger partial charge < -0.3 is 14.9 Å². The van der Waals surface area contributed by atoms with Crippen molar-refractivity contribution >= 4 is 25.2 Å². The molecule has 0 saturated heterocycles. The first kappa shape index (κ1) is 19.2. The quantitative estimate of drug-likeness (QED) is 0.665. The number of hydrogen-bond donors (Lipinski definition) is 2. The van der Waals surface area contributed by atoms with E-state index in [1.807, 2.05) is 0 Å². The third-order valence-corrected chi connectivity index (χ3v) is 3.95. The van der Waals surface area contributed by atoms with E-state index in [0.717, 1.165) is 0 Å². The fourth-order valence-corrected chi connectivity index (χ4v) is 3.13. The van der Waals surface area contributed by atoms with Gasteiger partial charge in [-0.3, -0.25) is 14.1 Å². The number of carbonyl (C=O) groups excluding carboxylic acids is 1. The SMILES string of the molecule is CC(C)OP(C)(=O)Oc1ccc(NC(=O)CCCC(=O)O)cc1. The van der Waals surface area contributed by atoms with Crippen LogP contribution in [0.1, 0.15) is 33.1 Å². The van der Waals surface area contributed by atoms with Crippen molar-refractivity contribution in [3.63, 3.8) is 0 Å². The van der Waals surface area contributed by atoms with Crippen LogP contribution in [0.15, 0.2) is 24.3 Å². The van der Waals surface area contributed by atoms with Gasteiger partial charge in [0.1, 0.15) is 5.75 Å². The zero-order valence-electron chi connectivity index (χ0n) is 13.4. The highest BCUT2D eigenvalue weighted by molar-refractivity contribution is 7.53. The maximum atomic E-state index is 12.1. The number of carboxylic acids is 1. The van der Waals surface area contributed by atoms with Gasteiger partial charge in [-0.25, -0.2) is 4.57 Å². The van der Waals surface area contributed by atoms with Crippen LogP contribution in [0, 0.1) is 0 Å². The van der Waals surface area contributed by atoms with Crippen LogP contribution in [-0.4, -0.2) is 29.8 Å². The van der Waals surface area contributed by atoms with Crippen molar-refractivity contribution in [2.45, 2.75) is 39.2 Å². The first-order valence-electron chi connectivity index (χ1n) is 7.25. The molecule has 23 heavy (non-hydrogen) atoms. The summed E-state index contributed by atoms with van der Waals surface area (Å²) in [7, 11) is -3.18. The zero-order valence-corrected chi connectivity index (χ0v) is 14.3. The normalized spacial score (nSPS) is 13.4. The number of aliphatic carboxylic acids is 1. The molecule has 0 fully saturated rings. The van der Waals surface area contributed by atoms with Gasteiger partial charge in [0.15, 0.2) is 0 Å². The maximum Gasteiger partial charge on any atom is 0.376 e. The fraction of sp³-hybridized carbons (Fsp3) is 0.467. The van der Waals surface area contributed by atoms with Crippen LogP contribution in [0.5, 0.6) is 5.75 Å². The Hall–Kier alpha value is -1.85. The average Bonchev–Trinajstić information content (AvgIpc) is 2.38. The molecule has 0 spiro atoms. The van der Waals surface area contributed by atoms with E-state index in [9.17, 15) is 14.2 Å². The molecule has 0 heterocycles. The Balaban J connectivity index is 2.51. The molecule has 0 saturated carbocycles. The van der Waals surface area contributed by atoms with Gasteiger partial charge in [0.2, 0.25) is 5.91 Å². The molecule has 1 atom stereocenters. The van der Waals surface area contributed by atoms with Crippen molar-refractivity contribution < 1.29 is 28.3 Å². The number of nitrogens with one attached hydrogen (secondary N) is 1. The molecule has 1 aromatic carbocycles. The number of carboxylic acid groups (broad SMARTS) is 1. The Morgan fingerprint density at radius 1 is 1.22 bits per heavy atom. The molecule has 0 aliphatic carbocycles. The maximum absolute atomic E-state index is 12.1. The van der Waals surface area contributed by atoms with Gasteiger partial charge in [0, 0.05) is 25.2 Å². The summed E-state index contributed by atoms with van der Waals surface area (Å²) in [4.78, 5) is 22.0. The minimum absolute atomic E-state index is 0.0398. The van der Waals surface area contributed by atoms with E-state index in [-0.39, 0.29) is 31.3 Å². The number of amides is 1. The van der Waals surface area contributed by atoms with Crippen molar-refractivity contribution in [1.29, 1.82) is 0 Å². The van der Waals surface area contributed by atoms with E-state index in [4.69, 9.17) is 14.2 Å². The lowest BCUT2D eigenvalue weighted by molar-refractivity contribution is -0.137. The van der Waals surface area contributed by atoms with Crippen LogP contribution >= 0.6 is 7.60 Å². The smallest absolute Gasteiger partial charge is 0.376 e. The van der Waals surface area contributed by atoms with Crippen LogP contribution in [0.4, 0.5) is 5.69 Å². The van der Waals surface area contributed by atoms with Gasteiger partial charge in [-0.2, -0.15) is 0 Å². The van der Waals surface area contributed by atoms with E-state index in [2.05, 4.69) is 5.32 Å². The summed E-state index contributed by atoms with van der Waals surface area (Å²) in [5.74, 6) is -0.809. The molecule has 1 amide bonds. The summed E-state index contributed by atoms with van der Waals surface area (Å²) in [6.07, 6.45) is 0.169. The molecule has 128 valence electrons. The van der Waals surface area contributed by atoms with Gasteiger partial charge in [-0.15, -0.1) is 0 Å². The number of anilines is 1. The zero-order chi connectivity index (χ0) is 17.5. The largest absolute Gasteiger partial charge is 0.481 e. The standard InChI is InChI=1S/C15H22NO6P/c1-11(2)21-23(3,20)22-13-9-7-12(8-10-13)16-14(17)5-4-6-15(18)19/h7-11H,4-6H2,1-3H3,(H,16,17)(H,18,19). The molecule has 0 bridgehead atoms. The van der Waals surface area contributed by atoms with E-state index in [1.165, 1.54) is 6.66 Å². The topological polar surface area (TPSA) is 102 Å². The predicted molar refractivity (Wildman–Crippen MR) is 86.9 cm³/mol. The molecule has 7 nitrogen and oxygen atoms in total. The molecule has 1 unspecified atom stereocenters. The number of benzene rings is 1. The number of hydrogen-bond acceptors (Lipinski definition) is 5. The van der Waals surface area contributed by atoms with Crippen LogP contribution in [0.2, 0.25) is 0 Å².